The van der Waals surface area contributed by atoms with Gasteiger partial charge in [-0.25, -0.2) is 4.98 Å². The Morgan fingerprint density at radius 3 is 2.10 bits per heavy atom. The Balaban J connectivity index is 1.28. The van der Waals surface area contributed by atoms with Crippen molar-refractivity contribution in [3.63, 3.8) is 0 Å². The highest BCUT2D eigenvalue weighted by Gasteiger charge is 2.43. The maximum absolute atomic E-state index is 6.46. The molecule has 4 rings (SSSR count). The molecule has 0 unspecified atom stereocenters. The number of aryl methyl sites for hydroxylation is 1. The molecule has 0 atom stereocenters. The van der Waals surface area contributed by atoms with Crippen molar-refractivity contribution in [3.8, 4) is 0 Å². The lowest BCUT2D eigenvalue weighted by molar-refractivity contribution is 0.262. The summed E-state index contributed by atoms with van der Waals surface area (Å²) in [7, 11) is -1.76. The number of nitrogens with zero attached hydrogens (tertiary/aromatic N) is 6. The number of thiophene rings is 1. The molecule has 0 aliphatic rings. The minimum absolute atomic E-state index is 0.249. The van der Waals surface area contributed by atoms with Gasteiger partial charge in [0.2, 0.25) is 5.13 Å². The van der Waals surface area contributed by atoms with Gasteiger partial charge in [0, 0.05) is 25.4 Å². The highest BCUT2D eigenvalue weighted by Crippen LogP contribution is 2.44. The van der Waals surface area contributed by atoms with E-state index in [1.54, 1.807) is 0 Å². The third-order valence-electron chi connectivity index (χ3n) is 8.56. The van der Waals surface area contributed by atoms with Crippen molar-refractivity contribution in [2.45, 2.75) is 72.5 Å². The van der Waals surface area contributed by atoms with Crippen LogP contribution in [0.3, 0.4) is 0 Å². The largest absolute Gasteiger partial charge is 0.417 e. The topological polar surface area (TPSA) is 74.8 Å². The van der Waals surface area contributed by atoms with E-state index in [1.807, 2.05) is 30.3 Å². The second-order valence-electron chi connectivity index (χ2n) is 11.8. The Hall–Kier alpha value is -2.79. The number of aromatic nitrogens is 1. The average Bonchev–Trinajstić information content (AvgIpc) is 3.53. The van der Waals surface area contributed by atoms with E-state index in [2.05, 4.69) is 109 Å². The number of benzene rings is 2. The quantitative estimate of drug-likeness (QED) is 0.0799. The Kier molecular flexibility index (Phi) is 10.8. The zero-order chi connectivity index (χ0) is 30.3. The minimum atomic E-state index is -1.76. The second kappa shape index (κ2) is 14.1. The molecule has 0 radical (unpaired) electrons. The number of azo groups is 2. The summed E-state index contributed by atoms with van der Waals surface area (Å²) in [5.41, 5.74) is 4.14. The molecule has 0 saturated carbocycles. The van der Waals surface area contributed by atoms with Gasteiger partial charge in [-0.15, -0.1) is 20.5 Å². The summed E-state index contributed by atoms with van der Waals surface area (Å²) in [6.45, 7) is 21.1. The molecule has 0 amide bonds. The molecule has 10 heteroatoms. The number of hydrogen-bond acceptors (Lipinski definition) is 9. The van der Waals surface area contributed by atoms with Crippen LogP contribution in [0.25, 0.3) is 9.53 Å². The molecule has 2 heterocycles. The van der Waals surface area contributed by atoms with Crippen LogP contribution in [0.2, 0.25) is 18.1 Å². The zero-order valence-electron chi connectivity index (χ0n) is 26.2. The fraction of sp³-hybridized carbons (Fsp3) is 0.469. The molecule has 0 N–H and O–H groups in total. The maximum Gasteiger partial charge on any atom is 0.231 e. The first kappa shape index (κ1) is 32.1. The van der Waals surface area contributed by atoms with Gasteiger partial charge in [0.15, 0.2) is 8.32 Å². The lowest BCUT2D eigenvalue weighted by Gasteiger charge is -2.42. The smallest absolute Gasteiger partial charge is 0.231 e. The van der Waals surface area contributed by atoms with Crippen molar-refractivity contribution in [2.75, 3.05) is 24.6 Å². The molecular weight excluding hydrogens is 577 g/mol. The number of fused-ring (bicyclic) bond motifs is 1. The first-order valence-corrected chi connectivity index (χ1v) is 19.4. The molecule has 4 aromatic rings. The van der Waals surface area contributed by atoms with Crippen molar-refractivity contribution in [1.29, 1.82) is 0 Å². The number of thiazole rings is 1. The minimum Gasteiger partial charge on any atom is -0.417 e. The van der Waals surface area contributed by atoms with Gasteiger partial charge in [-0.3, -0.25) is 0 Å². The number of rotatable bonds is 14. The van der Waals surface area contributed by atoms with Crippen LogP contribution in [0.15, 0.2) is 75.1 Å². The lowest BCUT2D eigenvalue weighted by atomic mass is 9.99. The average molecular weight is 621 g/mol. The molecule has 0 aliphatic carbocycles. The van der Waals surface area contributed by atoms with E-state index in [4.69, 9.17) is 4.43 Å². The van der Waals surface area contributed by atoms with Crippen molar-refractivity contribution in [1.82, 2.24) is 4.98 Å². The summed E-state index contributed by atoms with van der Waals surface area (Å²) in [6, 6.07) is 18.5. The van der Waals surface area contributed by atoms with Gasteiger partial charge in [-0.05, 0) is 98.8 Å². The van der Waals surface area contributed by atoms with Crippen LogP contribution in [0.5, 0.6) is 0 Å². The fourth-order valence-corrected chi connectivity index (χ4v) is 8.81. The van der Waals surface area contributed by atoms with Crippen LogP contribution < -0.4 is 4.90 Å². The van der Waals surface area contributed by atoms with Gasteiger partial charge in [0.25, 0.3) is 0 Å². The Morgan fingerprint density at radius 1 is 0.881 bits per heavy atom. The van der Waals surface area contributed by atoms with Gasteiger partial charge < -0.3 is 9.33 Å². The van der Waals surface area contributed by atoms with E-state index < -0.39 is 8.32 Å². The van der Waals surface area contributed by atoms with Gasteiger partial charge in [0.05, 0.1) is 16.1 Å². The summed E-state index contributed by atoms with van der Waals surface area (Å²) in [5, 5.41) is 19.3. The van der Waals surface area contributed by atoms with Crippen molar-refractivity contribution in [3.05, 3.63) is 60.2 Å². The molecule has 224 valence electrons. The summed E-state index contributed by atoms with van der Waals surface area (Å²) in [5.74, 6) is 0.614. The van der Waals surface area contributed by atoms with E-state index in [0.717, 1.165) is 58.4 Å². The molecule has 42 heavy (non-hydrogen) atoms. The molecule has 0 saturated heterocycles. The molecule has 0 fully saturated rings. The standard InChI is InChI=1S/C32H44N6OS2Si/c1-9-38(10-2)27-19-17-26(18-20-27)35-37-31-33-30-28(40-31)22-29(41-30)36-34-25-15-13-24(14-16-25)12-11-21-39-42(7,8)32(5,6)23(3)4/h13-20,22-23H,9-12,21H2,1-8H3. The van der Waals surface area contributed by atoms with E-state index in [9.17, 15) is 0 Å². The second-order valence-corrected chi connectivity index (χ2v) is 18.5. The summed E-state index contributed by atoms with van der Waals surface area (Å²) in [4.78, 5) is 7.82. The van der Waals surface area contributed by atoms with Crippen LogP contribution in [-0.4, -0.2) is 33.0 Å². The monoisotopic (exact) mass is 620 g/mol. The SMILES string of the molecule is CCN(CC)c1ccc(N=Nc2nc3sc(N=Nc4ccc(CCCO[Si](C)(C)C(C)(C)C(C)C)cc4)cc3s2)cc1. The molecule has 7 nitrogen and oxygen atoms in total. The van der Waals surface area contributed by atoms with Gasteiger partial charge in [-0.2, -0.15) is 0 Å². The van der Waals surface area contributed by atoms with E-state index >= 15 is 0 Å². The first-order chi connectivity index (χ1) is 20.0. The van der Waals surface area contributed by atoms with Crippen LogP contribution >= 0.6 is 22.7 Å². The Morgan fingerprint density at radius 2 is 1.50 bits per heavy atom. The Bertz CT molecular complexity index is 1450. The van der Waals surface area contributed by atoms with E-state index in [-0.39, 0.29) is 5.04 Å². The first-order valence-electron chi connectivity index (χ1n) is 14.8. The van der Waals surface area contributed by atoms with Gasteiger partial charge in [0.1, 0.15) is 9.83 Å². The maximum atomic E-state index is 6.46. The number of anilines is 1. The van der Waals surface area contributed by atoms with E-state index in [1.165, 1.54) is 33.9 Å². The molecule has 2 aromatic carbocycles. The van der Waals surface area contributed by atoms with Crippen LogP contribution in [-0.2, 0) is 10.8 Å². The van der Waals surface area contributed by atoms with Crippen LogP contribution in [0, 0.1) is 5.92 Å². The highest BCUT2D eigenvalue weighted by atomic mass is 32.1. The van der Waals surface area contributed by atoms with E-state index in [0.29, 0.717) is 11.0 Å². The Labute approximate surface area is 259 Å². The zero-order valence-corrected chi connectivity index (χ0v) is 28.9. The van der Waals surface area contributed by atoms with Crippen molar-refractivity contribution in [2.24, 2.45) is 26.4 Å². The van der Waals surface area contributed by atoms with Crippen LogP contribution in [0.4, 0.5) is 27.2 Å². The van der Waals surface area contributed by atoms with Crippen molar-refractivity contribution < 1.29 is 4.43 Å². The molecule has 2 aromatic heterocycles. The lowest BCUT2D eigenvalue weighted by Crippen LogP contribution is -2.45. The molecule has 0 aliphatic heterocycles. The van der Waals surface area contributed by atoms with Crippen LogP contribution in [0.1, 0.15) is 53.5 Å². The highest BCUT2D eigenvalue weighted by molar-refractivity contribution is 7.30. The predicted octanol–water partition coefficient (Wildman–Crippen LogP) is 11.6. The molecule has 0 spiro atoms. The fourth-order valence-electron chi connectivity index (χ4n) is 4.54. The molecular formula is C32H44N6OS2Si. The third kappa shape index (κ3) is 7.97. The number of hydrogen-bond donors (Lipinski definition) is 0. The summed E-state index contributed by atoms with van der Waals surface area (Å²) >= 11 is 3.02. The predicted molar refractivity (Wildman–Crippen MR) is 183 cm³/mol. The van der Waals surface area contributed by atoms with Crippen molar-refractivity contribution >= 4 is 67.7 Å². The summed E-state index contributed by atoms with van der Waals surface area (Å²) < 4.78 is 7.50. The third-order valence-corrected chi connectivity index (χ3v) is 15.1. The summed E-state index contributed by atoms with van der Waals surface area (Å²) in [6.07, 6.45) is 2.02. The van der Waals surface area contributed by atoms with Gasteiger partial charge >= 0.3 is 0 Å². The molecule has 0 bridgehead atoms. The van der Waals surface area contributed by atoms with Gasteiger partial charge in [-0.1, -0.05) is 62.5 Å². The normalized spacial score (nSPS) is 12.9.